The number of ether oxygens (including phenoxy) is 1. The van der Waals surface area contributed by atoms with Crippen molar-refractivity contribution < 1.29 is 19.4 Å². The second kappa shape index (κ2) is 8.29. The molecule has 1 amide bonds. The molecule has 0 aromatic heterocycles. The molecular formula is C16H23NO4. The Morgan fingerprint density at radius 2 is 1.90 bits per heavy atom. The average molecular weight is 293 g/mol. The van der Waals surface area contributed by atoms with Gasteiger partial charge >= 0.3 is 5.97 Å². The van der Waals surface area contributed by atoms with Crippen molar-refractivity contribution in [3.05, 3.63) is 29.8 Å². The molecule has 2 N–H and O–H groups in total. The van der Waals surface area contributed by atoms with Crippen LogP contribution in [0.2, 0.25) is 0 Å². The van der Waals surface area contributed by atoms with Crippen molar-refractivity contribution in [3.8, 4) is 5.75 Å². The normalized spacial score (nSPS) is 13.3. The highest BCUT2D eigenvalue weighted by molar-refractivity contribution is 5.78. The summed E-state index contributed by atoms with van der Waals surface area (Å²) in [7, 11) is 1.61. The van der Waals surface area contributed by atoms with Crippen LogP contribution in [0.3, 0.4) is 0 Å². The number of methoxy groups -OCH3 is 1. The molecule has 5 heteroatoms. The third kappa shape index (κ3) is 5.45. The summed E-state index contributed by atoms with van der Waals surface area (Å²) in [4.78, 5) is 22.6. The molecule has 0 aliphatic rings. The van der Waals surface area contributed by atoms with Gasteiger partial charge in [-0.05, 0) is 30.0 Å². The van der Waals surface area contributed by atoms with Gasteiger partial charge in [-0.2, -0.15) is 0 Å². The molecule has 1 aromatic rings. The van der Waals surface area contributed by atoms with E-state index >= 15 is 0 Å². The fraction of sp³-hybridized carbons (Fsp3) is 0.500. The molecule has 1 aromatic carbocycles. The highest BCUT2D eigenvalue weighted by Gasteiger charge is 2.16. The molecule has 21 heavy (non-hydrogen) atoms. The molecule has 0 fully saturated rings. The van der Waals surface area contributed by atoms with E-state index in [9.17, 15) is 9.59 Å². The molecule has 2 atom stereocenters. The number of carbonyl (C=O) groups excluding carboxylic acids is 1. The van der Waals surface area contributed by atoms with Crippen LogP contribution in [0.4, 0.5) is 0 Å². The Kier molecular flexibility index (Phi) is 6.72. The van der Waals surface area contributed by atoms with Gasteiger partial charge in [-0.3, -0.25) is 9.59 Å². The van der Waals surface area contributed by atoms with Gasteiger partial charge in [-0.25, -0.2) is 0 Å². The molecule has 0 heterocycles. The van der Waals surface area contributed by atoms with E-state index in [1.165, 1.54) is 0 Å². The van der Waals surface area contributed by atoms with Crippen molar-refractivity contribution in [2.24, 2.45) is 5.92 Å². The fourth-order valence-electron chi connectivity index (χ4n) is 2.02. The predicted molar refractivity (Wildman–Crippen MR) is 80.5 cm³/mol. The summed E-state index contributed by atoms with van der Waals surface area (Å²) in [5.74, 6) is -0.692. The molecule has 0 aliphatic heterocycles. The predicted octanol–water partition coefficient (Wildman–Crippen LogP) is 2.42. The number of rotatable bonds is 8. The summed E-state index contributed by atoms with van der Waals surface area (Å²) in [5, 5.41) is 11.5. The largest absolute Gasteiger partial charge is 0.497 e. The van der Waals surface area contributed by atoms with Crippen molar-refractivity contribution in [2.75, 3.05) is 13.7 Å². The molecule has 0 saturated carbocycles. The molecule has 0 spiro atoms. The highest BCUT2D eigenvalue weighted by Crippen LogP contribution is 2.25. The van der Waals surface area contributed by atoms with E-state index in [1.54, 1.807) is 14.0 Å². The Balaban J connectivity index is 2.56. The van der Waals surface area contributed by atoms with Gasteiger partial charge in [-0.15, -0.1) is 0 Å². The quantitative estimate of drug-likeness (QED) is 0.772. The van der Waals surface area contributed by atoms with Crippen LogP contribution in [0.15, 0.2) is 24.3 Å². The Morgan fingerprint density at radius 3 is 2.38 bits per heavy atom. The van der Waals surface area contributed by atoms with E-state index < -0.39 is 11.9 Å². The fourth-order valence-corrected chi connectivity index (χ4v) is 2.02. The third-order valence-corrected chi connectivity index (χ3v) is 3.54. The summed E-state index contributed by atoms with van der Waals surface area (Å²) in [5.41, 5.74) is 1.08. The lowest BCUT2D eigenvalue weighted by atomic mass is 9.93. The second-order valence-corrected chi connectivity index (χ2v) is 5.13. The lowest BCUT2D eigenvalue weighted by Gasteiger charge is -2.16. The maximum Gasteiger partial charge on any atom is 0.308 e. The number of carbonyl (C=O) groups is 2. The molecule has 0 aliphatic carbocycles. The van der Waals surface area contributed by atoms with E-state index in [0.717, 1.165) is 17.7 Å². The Morgan fingerprint density at radius 1 is 1.29 bits per heavy atom. The van der Waals surface area contributed by atoms with Crippen molar-refractivity contribution >= 4 is 11.9 Å². The first kappa shape index (κ1) is 17.0. The molecule has 0 radical (unpaired) electrons. The maximum atomic E-state index is 11.9. The van der Waals surface area contributed by atoms with Gasteiger partial charge in [0.05, 0.1) is 13.0 Å². The second-order valence-electron chi connectivity index (χ2n) is 5.13. The van der Waals surface area contributed by atoms with Gasteiger partial charge in [0.15, 0.2) is 0 Å². The zero-order chi connectivity index (χ0) is 15.8. The number of carboxylic acids is 1. The van der Waals surface area contributed by atoms with Crippen LogP contribution < -0.4 is 10.1 Å². The number of carboxylic acid groups (broad SMARTS) is 1. The van der Waals surface area contributed by atoms with Gasteiger partial charge in [0, 0.05) is 13.0 Å². The van der Waals surface area contributed by atoms with Gasteiger partial charge in [0.1, 0.15) is 5.75 Å². The van der Waals surface area contributed by atoms with Crippen molar-refractivity contribution in [3.63, 3.8) is 0 Å². The summed E-state index contributed by atoms with van der Waals surface area (Å²) >= 11 is 0. The maximum absolute atomic E-state index is 11.9. The molecule has 2 unspecified atom stereocenters. The first-order valence-corrected chi connectivity index (χ1v) is 7.11. The Bertz CT molecular complexity index is 470. The topological polar surface area (TPSA) is 75.6 Å². The lowest BCUT2D eigenvalue weighted by molar-refractivity contribution is -0.141. The third-order valence-electron chi connectivity index (χ3n) is 3.54. The molecular weight excluding hydrogens is 270 g/mol. The molecule has 0 bridgehead atoms. The standard InChI is InChI=1S/C16H23NO4/c1-4-12(13-5-7-14(21-3)8-6-13)9-15(18)17-10-11(2)16(19)20/h5-8,11-12H,4,9-10H2,1-3H3,(H,17,18)(H,19,20). The van der Waals surface area contributed by atoms with E-state index in [1.807, 2.05) is 31.2 Å². The minimum atomic E-state index is -0.905. The highest BCUT2D eigenvalue weighted by atomic mass is 16.5. The Hall–Kier alpha value is -2.04. The summed E-state index contributed by atoms with van der Waals surface area (Å²) < 4.78 is 5.12. The van der Waals surface area contributed by atoms with Crippen LogP contribution in [-0.4, -0.2) is 30.6 Å². The number of aliphatic carboxylic acids is 1. The minimum Gasteiger partial charge on any atom is -0.497 e. The number of hydrogen-bond acceptors (Lipinski definition) is 3. The van der Waals surface area contributed by atoms with Gasteiger partial charge in [0.2, 0.25) is 5.91 Å². The zero-order valence-corrected chi connectivity index (χ0v) is 12.8. The van der Waals surface area contributed by atoms with E-state index in [2.05, 4.69) is 5.32 Å². The SMILES string of the molecule is CCC(CC(=O)NCC(C)C(=O)O)c1ccc(OC)cc1. The number of hydrogen-bond donors (Lipinski definition) is 2. The molecule has 5 nitrogen and oxygen atoms in total. The van der Waals surface area contributed by atoms with Crippen molar-refractivity contribution in [2.45, 2.75) is 32.6 Å². The lowest BCUT2D eigenvalue weighted by Crippen LogP contribution is -2.32. The monoisotopic (exact) mass is 293 g/mol. The van der Waals surface area contributed by atoms with E-state index in [-0.39, 0.29) is 18.4 Å². The summed E-state index contributed by atoms with van der Waals surface area (Å²) in [6.07, 6.45) is 1.20. The minimum absolute atomic E-state index is 0.120. The number of amides is 1. The molecule has 0 saturated heterocycles. The van der Waals surface area contributed by atoms with Gasteiger partial charge < -0.3 is 15.2 Å². The van der Waals surface area contributed by atoms with Crippen LogP contribution in [-0.2, 0) is 9.59 Å². The van der Waals surface area contributed by atoms with Crippen LogP contribution in [0, 0.1) is 5.92 Å². The smallest absolute Gasteiger partial charge is 0.308 e. The van der Waals surface area contributed by atoms with Crippen LogP contribution in [0.1, 0.15) is 38.2 Å². The van der Waals surface area contributed by atoms with Crippen LogP contribution in [0.25, 0.3) is 0 Å². The van der Waals surface area contributed by atoms with Gasteiger partial charge in [0.25, 0.3) is 0 Å². The van der Waals surface area contributed by atoms with Crippen molar-refractivity contribution in [1.29, 1.82) is 0 Å². The zero-order valence-electron chi connectivity index (χ0n) is 12.8. The Labute approximate surface area is 125 Å². The number of nitrogens with one attached hydrogen (secondary N) is 1. The summed E-state index contributed by atoms with van der Waals surface area (Å²) in [6, 6.07) is 7.67. The van der Waals surface area contributed by atoms with E-state index in [4.69, 9.17) is 9.84 Å². The number of benzene rings is 1. The first-order valence-electron chi connectivity index (χ1n) is 7.11. The first-order chi connectivity index (χ1) is 9.97. The van der Waals surface area contributed by atoms with Crippen LogP contribution in [0.5, 0.6) is 5.75 Å². The van der Waals surface area contributed by atoms with Crippen molar-refractivity contribution in [1.82, 2.24) is 5.32 Å². The molecule has 1 rings (SSSR count). The summed E-state index contributed by atoms with van der Waals surface area (Å²) in [6.45, 7) is 3.76. The average Bonchev–Trinajstić information content (AvgIpc) is 2.50. The molecule has 116 valence electrons. The van der Waals surface area contributed by atoms with Gasteiger partial charge in [-0.1, -0.05) is 26.0 Å². The van der Waals surface area contributed by atoms with E-state index in [0.29, 0.717) is 6.42 Å². The van der Waals surface area contributed by atoms with Crippen LogP contribution >= 0.6 is 0 Å².